The zero-order chi connectivity index (χ0) is 26.0. The third-order valence-corrected chi connectivity index (χ3v) is 5.60. The maximum Gasteiger partial charge on any atom is 0.417 e. The molecule has 0 atom stereocenters. The quantitative estimate of drug-likeness (QED) is 0.368. The number of hydrogen-bond acceptors (Lipinski definition) is 5. The molecule has 0 aliphatic carbocycles. The zero-order valence-electron chi connectivity index (χ0n) is 19.3. The molecule has 0 unspecified atom stereocenters. The highest BCUT2D eigenvalue weighted by Gasteiger charge is 2.34. The number of alkyl halides is 3. The van der Waals surface area contributed by atoms with Crippen LogP contribution in [-0.2, 0) is 17.4 Å². The van der Waals surface area contributed by atoms with Crippen LogP contribution >= 0.6 is 0 Å². The molecule has 4 rings (SSSR count). The van der Waals surface area contributed by atoms with Crippen molar-refractivity contribution >= 4 is 28.4 Å². The first kappa shape index (κ1) is 24.6. The molecule has 0 saturated carbocycles. The van der Waals surface area contributed by atoms with Crippen molar-refractivity contribution in [3.63, 3.8) is 0 Å². The average Bonchev–Trinajstić information content (AvgIpc) is 3.23. The third kappa shape index (κ3) is 4.95. The van der Waals surface area contributed by atoms with Gasteiger partial charge in [0.15, 0.2) is 5.78 Å². The molecule has 7 nitrogen and oxygen atoms in total. The fourth-order valence-corrected chi connectivity index (χ4v) is 3.91. The molecule has 36 heavy (non-hydrogen) atoms. The van der Waals surface area contributed by atoms with Gasteiger partial charge in [-0.1, -0.05) is 6.07 Å². The first-order valence-electron chi connectivity index (χ1n) is 10.9. The van der Waals surface area contributed by atoms with Gasteiger partial charge in [0.2, 0.25) is 5.91 Å². The van der Waals surface area contributed by atoms with Gasteiger partial charge in [0.05, 0.1) is 29.1 Å². The van der Waals surface area contributed by atoms with Crippen molar-refractivity contribution in [1.29, 1.82) is 5.26 Å². The Balaban J connectivity index is 1.55. The summed E-state index contributed by atoms with van der Waals surface area (Å²) in [7, 11) is 0. The third-order valence-electron chi connectivity index (χ3n) is 5.60. The number of ketones is 1. The summed E-state index contributed by atoms with van der Waals surface area (Å²) in [4.78, 5) is 34.0. The summed E-state index contributed by atoms with van der Waals surface area (Å²) in [6.07, 6.45) is 1.32. The fourth-order valence-electron chi connectivity index (χ4n) is 3.91. The van der Waals surface area contributed by atoms with Crippen molar-refractivity contribution in [1.82, 2.24) is 14.5 Å². The lowest BCUT2D eigenvalue weighted by molar-refractivity contribution is -0.137. The molecule has 0 aliphatic heterocycles. The largest absolute Gasteiger partial charge is 0.417 e. The number of rotatable bonds is 6. The minimum atomic E-state index is -4.72. The Kier molecular flexibility index (Phi) is 6.57. The Hall–Kier alpha value is -4.52. The molecule has 10 heteroatoms. The second-order valence-electron chi connectivity index (χ2n) is 8.41. The summed E-state index contributed by atoms with van der Waals surface area (Å²) in [5, 5.41) is 12.1. The number of hydrogen-bond donors (Lipinski definition) is 1. The number of aromatic nitrogens is 3. The van der Waals surface area contributed by atoms with Crippen molar-refractivity contribution in [2.45, 2.75) is 32.5 Å². The molecule has 0 spiro atoms. The van der Waals surface area contributed by atoms with Crippen LogP contribution in [0.5, 0.6) is 0 Å². The Bertz CT molecular complexity index is 1520. The van der Waals surface area contributed by atoms with Gasteiger partial charge in [0.25, 0.3) is 0 Å². The second-order valence-corrected chi connectivity index (χ2v) is 8.41. The Morgan fingerprint density at radius 3 is 2.61 bits per heavy atom. The molecule has 1 amide bonds. The summed E-state index contributed by atoms with van der Waals surface area (Å²) < 4.78 is 41.6. The zero-order valence-corrected chi connectivity index (χ0v) is 19.3. The number of benzene rings is 1. The molecule has 182 valence electrons. The maximum atomic E-state index is 13.3. The van der Waals surface area contributed by atoms with E-state index in [0.717, 1.165) is 17.6 Å². The lowest BCUT2D eigenvalue weighted by Crippen LogP contribution is -2.17. The van der Waals surface area contributed by atoms with Crippen molar-refractivity contribution in [2.75, 3.05) is 5.32 Å². The molecule has 4 aromatic rings. The predicted molar refractivity (Wildman–Crippen MR) is 126 cm³/mol. The fraction of sp³-hybridized carbons (Fsp3) is 0.192. The normalized spacial score (nSPS) is 11.5. The smallest absolute Gasteiger partial charge is 0.344 e. The highest BCUT2D eigenvalue weighted by Crippen LogP contribution is 2.32. The first-order chi connectivity index (χ1) is 17.1. The van der Waals surface area contributed by atoms with Crippen molar-refractivity contribution in [2.24, 2.45) is 0 Å². The Morgan fingerprint density at radius 1 is 1.14 bits per heavy atom. The number of nitrogens with one attached hydrogen (secondary N) is 1. The molecule has 0 saturated heterocycles. The minimum Gasteiger partial charge on any atom is -0.344 e. The highest BCUT2D eigenvalue weighted by molar-refractivity contribution is 6.16. The average molecular weight is 491 g/mol. The van der Waals surface area contributed by atoms with E-state index >= 15 is 0 Å². The molecule has 3 heterocycles. The van der Waals surface area contributed by atoms with E-state index in [-0.39, 0.29) is 35.2 Å². The van der Waals surface area contributed by atoms with Crippen molar-refractivity contribution in [3.8, 4) is 6.07 Å². The van der Waals surface area contributed by atoms with E-state index in [1.54, 1.807) is 18.6 Å². The Labute approximate surface area is 204 Å². The molecule has 0 radical (unpaired) electrons. The summed E-state index contributed by atoms with van der Waals surface area (Å²) in [6.45, 7) is 4.00. The van der Waals surface area contributed by atoms with Gasteiger partial charge in [-0.25, -0.2) is 4.98 Å². The summed E-state index contributed by atoms with van der Waals surface area (Å²) >= 11 is 0. The molecule has 3 aromatic heterocycles. The van der Waals surface area contributed by atoms with Crippen LogP contribution in [0.25, 0.3) is 10.9 Å². The first-order valence-corrected chi connectivity index (χ1v) is 10.9. The number of pyridine rings is 2. The van der Waals surface area contributed by atoms with Crippen LogP contribution in [0.2, 0.25) is 0 Å². The minimum absolute atomic E-state index is 0.0834. The number of halogens is 3. The maximum absolute atomic E-state index is 13.3. The lowest BCUT2D eigenvalue weighted by atomic mass is 10.0. The predicted octanol–water partition coefficient (Wildman–Crippen LogP) is 5.31. The summed E-state index contributed by atoms with van der Waals surface area (Å²) in [5.74, 6) is -0.820. The molecular formula is C26H20F3N5O2. The van der Waals surface area contributed by atoms with Crippen LogP contribution in [0.3, 0.4) is 0 Å². The van der Waals surface area contributed by atoms with Crippen LogP contribution in [0.15, 0.2) is 61.2 Å². The number of anilines is 1. The van der Waals surface area contributed by atoms with Gasteiger partial charge in [-0.3, -0.25) is 14.6 Å². The van der Waals surface area contributed by atoms with Gasteiger partial charge < -0.3 is 9.88 Å². The number of nitriles is 1. The van der Waals surface area contributed by atoms with Crippen molar-refractivity contribution < 1.29 is 22.8 Å². The van der Waals surface area contributed by atoms with E-state index < -0.39 is 23.2 Å². The molecule has 0 aliphatic rings. The van der Waals surface area contributed by atoms with Crippen LogP contribution in [0.4, 0.5) is 19.0 Å². The molecule has 0 bridgehead atoms. The van der Waals surface area contributed by atoms with Crippen LogP contribution in [0.1, 0.15) is 52.5 Å². The van der Waals surface area contributed by atoms with E-state index in [9.17, 15) is 22.8 Å². The molecule has 1 N–H and O–H groups in total. The summed E-state index contributed by atoms with van der Waals surface area (Å²) in [6, 6.07) is 9.48. The van der Waals surface area contributed by atoms with E-state index in [0.29, 0.717) is 10.9 Å². The van der Waals surface area contributed by atoms with Crippen LogP contribution in [0, 0.1) is 11.3 Å². The van der Waals surface area contributed by atoms with Gasteiger partial charge in [0, 0.05) is 47.3 Å². The van der Waals surface area contributed by atoms with Crippen LogP contribution in [-0.4, -0.2) is 26.2 Å². The van der Waals surface area contributed by atoms with E-state index in [2.05, 4.69) is 15.3 Å². The van der Waals surface area contributed by atoms with E-state index in [1.807, 2.05) is 24.5 Å². The SMILES string of the molecule is CC(C)n1cc(C(=O)c2ccnc(NC(=O)Cc3ccc(C#N)c(C(F)(F)F)c3)c2)c2cnccc21. The summed E-state index contributed by atoms with van der Waals surface area (Å²) in [5.41, 5.74) is 0.0634. The number of nitrogens with zero attached hydrogens (tertiary/aromatic N) is 4. The lowest BCUT2D eigenvalue weighted by Gasteiger charge is -2.11. The molecular weight excluding hydrogens is 471 g/mol. The van der Waals surface area contributed by atoms with Gasteiger partial charge in [-0.05, 0) is 49.7 Å². The standard InChI is InChI=1S/C26H20F3N5O2/c1-15(2)34-14-20(19-13-31-7-6-22(19)34)25(36)17-5-8-32-23(11-17)33-24(35)10-16-3-4-18(12-30)21(9-16)26(27,28)29/h3-9,11,13-15H,10H2,1-2H3,(H,32,33,35). The Morgan fingerprint density at radius 2 is 1.92 bits per heavy atom. The van der Waals surface area contributed by atoms with E-state index in [1.165, 1.54) is 30.5 Å². The number of carbonyl (C=O) groups excluding carboxylic acids is 2. The second kappa shape index (κ2) is 9.62. The number of fused-ring (bicyclic) bond motifs is 1. The monoisotopic (exact) mass is 491 g/mol. The van der Waals surface area contributed by atoms with Gasteiger partial charge in [-0.15, -0.1) is 0 Å². The topological polar surface area (TPSA) is 101 Å². The van der Waals surface area contributed by atoms with Crippen molar-refractivity contribution in [3.05, 3.63) is 89.0 Å². The molecule has 0 fully saturated rings. The van der Waals surface area contributed by atoms with Gasteiger partial charge in [0.1, 0.15) is 5.82 Å². The number of carbonyl (C=O) groups is 2. The van der Waals surface area contributed by atoms with Crippen LogP contribution < -0.4 is 5.32 Å². The van der Waals surface area contributed by atoms with Gasteiger partial charge in [-0.2, -0.15) is 18.4 Å². The van der Waals surface area contributed by atoms with E-state index in [4.69, 9.17) is 5.26 Å². The van der Waals surface area contributed by atoms with Gasteiger partial charge >= 0.3 is 6.18 Å². The number of amides is 1. The molecule has 1 aromatic carbocycles. The highest BCUT2D eigenvalue weighted by atomic mass is 19.4.